The number of halogens is 3. The van der Waals surface area contributed by atoms with Crippen LogP contribution in [0.25, 0.3) is 0 Å². The molecule has 7 heteroatoms. The number of hydrogen-bond donors (Lipinski definition) is 1. The average Bonchev–Trinajstić information content (AvgIpc) is 2.76. The van der Waals surface area contributed by atoms with Gasteiger partial charge in [0.05, 0.1) is 17.7 Å². The number of carbonyl (C=O) groups excluding carboxylic acids is 1. The fourth-order valence-electron chi connectivity index (χ4n) is 1.57. The number of hydrogen-bond acceptors (Lipinski definition) is 4. The first-order chi connectivity index (χ1) is 9.51. The Morgan fingerprint density at radius 3 is 2.75 bits per heavy atom. The minimum absolute atomic E-state index is 0.338. The van der Waals surface area contributed by atoms with Crippen LogP contribution in [0.1, 0.15) is 15.2 Å². The van der Waals surface area contributed by atoms with Gasteiger partial charge in [0.25, 0.3) is 0 Å². The van der Waals surface area contributed by atoms with Gasteiger partial charge in [-0.3, -0.25) is 0 Å². The molecular weight excluding hydrogens is 385 g/mol. The van der Waals surface area contributed by atoms with Crippen molar-refractivity contribution in [2.24, 2.45) is 0 Å². The van der Waals surface area contributed by atoms with Gasteiger partial charge in [0.2, 0.25) is 0 Å². The molecule has 2 rings (SSSR count). The standard InChI is InChI=1S/C13H10BrCl2NO2S/c1-19-13(18)9-4-7(2-3-11(9)15)17-6-8-5-10(14)12(16)20-8/h2-5,17H,6H2,1H3. The van der Waals surface area contributed by atoms with E-state index in [9.17, 15) is 4.79 Å². The van der Waals surface area contributed by atoms with E-state index in [0.29, 0.717) is 21.5 Å². The molecule has 0 saturated heterocycles. The topological polar surface area (TPSA) is 38.3 Å². The van der Waals surface area contributed by atoms with E-state index in [0.717, 1.165) is 15.0 Å². The highest BCUT2D eigenvalue weighted by atomic mass is 79.9. The second-order valence-electron chi connectivity index (χ2n) is 3.87. The lowest BCUT2D eigenvalue weighted by molar-refractivity contribution is 0.0601. The van der Waals surface area contributed by atoms with Crippen LogP contribution in [0.5, 0.6) is 0 Å². The number of carbonyl (C=O) groups is 1. The third kappa shape index (κ3) is 3.67. The van der Waals surface area contributed by atoms with E-state index >= 15 is 0 Å². The summed E-state index contributed by atoms with van der Waals surface area (Å²) in [6.07, 6.45) is 0. The van der Waals surface area contributed by atoms with E-state index in [1.54, 1.807) is 18.2 Å². The van der Waals surface area contributed by atoms with Crippen molar-refractivity contribution in [1.82, 2.24) is 0 Å². The third-order valence-corrected chi connectivity index (χ3v) is 5.34. The van der Waals surface area contributed by atoms with Gasteiger partial charge >= 0.3 is 5.97 Å². The molecule has 0 unspecified atom stereocenters. The van der Waals surface area contributed by atoms with E-state index < -0.39 is 5.97 Å². The van der Waals surface area contributed by atoms with Crippen LogP contribution in [0.15, 0.2) is 28.7 Å². The Morgan fingerprint density at radius 2 is 2.15 bits per heavy atom. The van der Waals surface area contributed by atoms with Crippen LogP contribution in [-0.4, -0.2) is 13.1 Å². The molecule has 1 aromatic carbocycles. The van der Waals surface area contributed by atoms with Crippen molar-refractivity contribution in [3.63, 3.8) is 0 Å². The number of esters is 1. The highest BCUT2D eigenvalue weighted by Gasteiger charge is 2.11. The lowest BCUT2D eigenvalue weighted by atomic mass is 10.2. The summed E-state index contributed by atoms with van der Waals surface area (Å²) in [4.78, 5) is 12.6. The molecule has 106 valence electrons. The second-order valence-corrected chi connectivity index (χ2v) is 6.87. The lowest BCUT2D eigenvalue weighted by Gasteiger charge is -2.08. The summed E-state index contributed by atoms with van der Waals surface area (Å²) in [5.74, 6) is -0.458. The largest absolute Gasteiger partial charge is 0.465 e. The van der Waals surface area contributed by atoms with Crippen LogP contribution in [0, 0.1) is 0 Å². The van der Waals surface area contributed by atoms with Crippen LogP contribution in [-0.2, 0) is 11.3 Å². The number of rotatable bonds is 4. The molecule has 0 aliphatic rings. The maximum atomic E-state index is 11.6. The zero-order valence-electron chi connectivity index (χ0n) is 10.4. The molecular formula is C13H10BrCl2NO2S. The Hall–Kier alpha value is -0.750. The molecule has 0 aliphatic heterocycles. The zero-order chi connectivity index (χ0) is 14.7. The molecule has 0 amide bonds. The Balaban J connectivity index is 2.12. The molecule has 0 radical (unpaired) electrons. The Kier molecular flexibility index (Phi) is 5.32. The van der Waals surface area contributed by atoms with Crippen molar-refractivity contribution < 1.29 is 9.53 Å². The van der Waals surface area contributed by atoms with E-state index in [4.69, 9.17) is 23.2 Å². The molecule has 0 saturated carbocycles. The van der Waals surface area contributed by atoms with Gasteiger partial charge in [-0.2, -0.15) is 0 Å². The van der Waals surface area contributed by atoms with Gasteiger partial charge in [-0.05, 0) is 40.2 Å². The lowest BCUT2D eigenvalue weighted by Crippen LogP contribution is -2.04. The number of thiophene rings is 1. The van der Waals surface area contributed by atoms with E-state index in [2.05, 4.69) is 26.0 Å². The summed E-state index contributed by atoms with van der Waals surface area (Å²) in [7, 11) is 1.32. The summed E-state index contributed by atoms with van der Waals surface area (Å²) >= 11 is 16.8. The quantitative estimate of drug-likeness (QED) is 0.722. The summed E-state index contributed by atoms with van der Waals surface area (Å²) in [6.45, 7) is 0.609. The van der Waals surface area contributed by atoms with Gasteiger partial charge in [0.15, 0.2) is 0 Å². The number of nitrogens with one attached hydrogen (secondary N) is 1. The predicted octanol–water partition coefficient (Wildman–Crippen LogP) is 5.22. The Morgan fingerprint density at radius 1 is 1.40 bits per heavy atom. The zero-order valence-corrected chi connectivity index (χ0v) is 14.3. The van der Waals surface area contributed by atoms with Gasteiger partial charge in [0, 0.05) is 21.6 Å². The minimum atomic E-state index is -0.458. The van der Waals surface area contributed by atoms with Crippen molar-refractivity contribution in [3.05, 3.63) is 48.5 Å². The van der Waals surface area contributed by atoms with Crippen LogP contribution in [0.2, 0.25) is 9.36 Å². The summed E-state index contributed by atoms with van der Waals surface area (Å²) < 4.78 is 6.28. The maximum absolute atomic E-state index is 11.6. The van der Waals surface area contributed by atoms with E-state index in [1.807, 2.05) is 6.07 Å². The number of anilines is 1. The molecule has 1 heterocycles. The molecule has 1 N–H and O–H groups in total. The molecule has 0 spiro atoms. The van der Waals surface area contributed by atoms with Gasteiger partial charge < -0.3 is 10.1 Å². The molecule has 0 fully saturated rings. The van der Waals surface area contributed by atoms with Gasteiger partial charge in [0.1, 0.15) is 4.34 Å². The SMILES string of the molecule is COC(=O)c1cc(NCc2cc(Br)c(Cl)s2)ccc1Cl. The molecule has 0 bridgehead atoms. The van der Waals surface area contributed by atoms with Crippen LogP contribution in [0.4, 0.5) is 5.69 Å². The van der Waals surface area contributed by atoms with Crippen molar-refractivity contribution in [3.8, 4) is 0 Å². The summed E-state index contributed by atoms with van der Waals surface area (Å²) in [5.41, 5.74) is 1.13. The molecule has 3 nitrogen and oxygen atoms in total. The first-order valence-electron chi connectivity index (χ1n) is 5.56. The van der Waals surface area contributed by atoms with E-state index in [-0.39, 0.29) is 0 Å². The maximum Gasteiger partial charge on any atom is 0.339 e. The van der Waals surface area contributed by atoms with E-state index in [1.165, 1.54) is 18.4 Å². The molecule has 20 heavy (non-hydrogen) atoms. The van der Waals surface area contributed by atoms with Crippen molar-refractivity contribution in [2.75, 3.05) is 12.4 Å². The van der Waals surface area contributed by atoms with Crippen LogP contribution >= 0.6 is 50.5 Å². The predicted molar refractivity (Wildman–Crippen MR) is 87.1 cm³/mol. The molecule has 0 atom stereocenters. The first-order valence-corrected chi connectivity index (χ1v) is 7.93. The summed E-state index contributed by atoms with van der Waals surface area (Å²) in [6, 6.07) is 7.09. The van der Waals surface area contributed by atoms with Crippen molar-refractivity contribution >= 4 is 62.1 Å². The van der Waals surface area contributed by atoms with Gasteiger partial charge in [-0.15, -0.1) is 11.3 Å². The Labute approximate surface area is 139 Å². The van der Waals surface area contributed by atoms with Gasteiger partial charge in [-0.1, -0.05) is 23.2 Å². The van der Waals surface area contributed by atoms with Crippen molar-refractivity contribution in [2.45, 2.75) is 6.54 Å². The number of benzene rings is 1. The molecule has 0 aliphatic carbocycles. The van der Waals surface area contributed by atoms with Crippen LogP contribution < -0.4 is 5.32 Å². The highest BCUT2D eigenvalue weighted by Crippen LogP contribution is 2.32. The fraction of sp³-hybridized carbons (Fsp3) is 0.154. The third-order valence-electron chi connectivity index (χ3n) is 2.53. The number of ether oxygens (including phenoxy) is 1. The van der Waals surface area contributed by atoms with Crippen molar-refractivity contribution in [1.29, 1.82) is 0 Å². The first kappa shape index (κ1) is 15.6. The molecule has 2 aromatic rings. The normalized spacial score (nSPS) is 10.4. The average molecular weight is 395 g/mol. The van der Waals surface area contributed by atoms with Crippen LogP contribution in [0.3, 0.4) is 0 Å². The smallest absolute Gasteiger partial charge is 0.339 e. The minimum Gasteiger partial charge on any atom is -0.465 e. The molecule has 1 aromatic heterocycles. The monoisotopic (exact) mass is 393 g/mol. The highest BCUT2D eigenvalue weighted by molar-refractivity contribution is 9.10. The fourth-order valence-corrected chi connectivity index (χ4v) is 3.49. The number of methoxy groups -OCH3 is 1. The summed E-state index contributed by atoms with van der Waals surface area (Å²) in [5, 5.41) is 3.58. The van der Waals surface area contributed by atoms with Gasteiger partial charge in [-0.25, -0.2) is 4.79 Å². The Bertz CT molecular complexity index is 626. The second kappa shape index (κ2) is 6.80.